The van der Waals surface area contributed by atoms with Gasteiger partial charge in [-0.05, 0) is 32.4 Å². The molecule has 0 bridgehead atoms. The lowest BCUT2D eigenvalue weighted by atomic mass is 10.2. The molecule has 0 fully saturated rings. The monoisotopic (exact) mass is 217 g/mol. The van der Waals surface area contributed by atoms with Crippen molar-refractivity contribution in [2.75, 3.05) is 18.0 Å². The fourth-order valence-corrected chi connectivity index (χ4v) is 1.58. The third-order valence-corrected chi connectivity index (χ3v) is 2.66. The maximum Gasteiger partial charge on any atom is 0.0944 e. The highest BCUT2D eigenvalue weighted by molar-refractivity contribution is 5.47. The Morgan fingerprint density at radius 1 is 1.38 bits per heavy atom. The highest BCUT2D eigenvalue weighted by Gasteiger charge is 2.06. The van der Waals surface area contributed by atoms with E-state index in [1.807, 2.05) is 0 Å². The second-order valence-corrected chi connectivity index (χ2v) is 3.94. The molecule has 0 aliphatic carbocycles. The lowest BCUT2D eigenvalue weighted by Crippen LogP contribution is -2.29. The SMILES string of the molecule is CCN(CCC(N)C#N)c1ccc(C)cc1. The van der Waals surface area contributed by atoms with Gasteiger partial charge in [0.05, 0.1) is 12.1 Å². The van der Waals surface area contributed by atoms with Crippen molar-refractivity contribution in [2.45, 2.75) is 26.3 Å². The highest BCUT2D eigenvalue weighted by Crippen LogP contribution is 2.15. The predicted octanol–water partition coefficient (Wildman–Crippen LogP) is 2.06. The summed E-state index contributed by atoms with van der Waals surface area (Å²) in [4.78, 5) is 2.23. The average Bonchev–Trinajstić information content (AvgIpc) is 2.31. The summed E-state index contributed by atoms with van der Waals surface area (Å²) in [5, 5.41) is 8.63. The summed E-state index contributed by atoms with van der Waals surface area (Å²) >= 11 is 0. The first-order valence-electron chi connectivity index (χ1n) is 5.64. The molecule has 0 saturated carbocycles. The number of nitrogens with zero attached hydrogens (tertiary/aromatic N) is 2. The van der Waals surface area contributed by atoms with Gasteiger partial charge in [-0.3, -0.25) is 0 Å². The minimum Gasteiger partial charge on any atom is -0.372 e. The van der Waals surface area contributed by atoms with E-state index in [1.54, 1.807) is 0 Å². The molecule has 0 spiro atoms. The second-order valence-electron chi connectivity index (χ2n) is 3.94. The zero-order valence-electron chi connectivity index (χ0n) is 9.98. The van der Waals surface area contributed by atoms with Gasteiger partial charge in [0, 0.05) is 18.8 Å². The fraction of sp³-hybridized carbons (Fsp3) is 0.462. The summed E-state index contributed by atoms with van der Waals surface area (Å²) in [5.74, 6) is 0. The molecule has 1 rings (SSSR count). The Kier molecular flexibility index (Phi) is 4.81. The van der Waals surface area contributed by atoms with E-state index in [0.717, 1.165) is 13.1 Å². The molecule has 2 N–H and O–H groups in total. The van der Waals surface area contributed by atoms with Gasteiger partial charge in [-0.2, -0.15) is 5.26 Å². The maximum absolute atomic E-state index is 8.63. The number of hydrogen-bond donors (Lipinski definition) is 1. The van der Waals surface area contributed by atoms with Crippen LogP contribution in [0.3, 0.4) is 0 Å². The van der Waals surface area contributed by atoms with Crippen molar-refractivity contribution in [2.24, 2.45) is 5.73 Å². The van der Waals surface area contributed by atoms with Gasteiger partial charge in [0.15, 0.2) is 0 Å². The van der Waals surface area contributed by atoms with E-state index in [-0.39, 0.29) is 6.04 Å². The van der Waals surface area contributed by atoms with E-state index in [9.17, 15) is 0 Å². The van der Waals surface area contributed by atoms with E-state index in [0.29, 0.717) is 6.42 Å². The molecule has 16 heavy (non-hydrogen) atoms. The van der Waals surface area contributed by atoms with Crippen LogP contribution in [0.5, 0.6) is 0 Å². The smallest absolute Gasteiger partial charge is 0.0944 e. The summed E-state index contributed by atoms with van der Waals surface area (Å²) in [6.07, 6.45) is 0.707. The highest BCUT2D eigenvalue weighted by atomic mass is 15.1. The standard InChI is InChI=1S/C13H19N3/c1-3-16(9-8-12(15)10-14)13-6-4-11(2)5-7-13/h4-7,12H,3,8-9,15H2,1-2H3. The molecule has 0 aliphatic heterocycles. The minimum absolute atomic E-state index is 0.362. The first kappa shape index (κ1) is 12.5. The molecule has 0 radical (unpaired) electrons. The van der Waals surface area contributed by atoms with Crippen molar-refractivity contribution < 1.29 is 0 Å². The summed E-state index contributed by atoms with van der Waals surface area (Å²) in [7, 11) is 0. The van der Waals surface area contributed by atoms with Crippen LogP contribution in [0.15, 0.2) is 24.3 Å². The number of hydrogen-bond acceptors (Lipinski definition) is 3. The molecule has 3 heteroatoms. The molecule has 1 atom stereocenters. The Morgan fingerprint density at radius 2 is 2.00 bits per heavy atom. The molecule has 0 amide bonds. The summed E-state index contributed by atoms with van der Waals surface area (Å²) in [5.41, 5.74) is 8.04. The van der Waals surface area contributed by atoms with Crippen LogP contribution in [0.2, 0.25) is 0 Å². The van der Waals surface area contributed by atoms with Crippen molar-refractivity contribution >= 4 is 5.69 Å². The molecular formula is C13H19N3. The van der Waals surface area contributed by atoms with Crippen molar-refractivity contribution in [3.63, 3.8) is 0 Å². The number of aryl methyl sites for hydroxylation is 1. The third-order valence-electron chi connectivity index (χ3n) is 2.66. The quantitative estimate of drug-likeness (QED) is 0.821. The largest absolute Gasteiger partial charge is 0.372 e. The van der Waals surface area contributed by atoms with Crippen molar-refractivity contribution in [3.8, 4) is 6.07 Å². The van der Waals surface area contributed by atoms with E-state index >= 15 is 0 Å². The Morgan fingerprint density at radius 3 is 2.50 bits per heavy atom. The third kappa shape index (κ3) is 3.56. The fourth-order valence-electron chi connectivity index (χ4n) is 1.58. The molecule has 0 heterocycles. The van der Waals surface area contributed by atoms with Gasteiger partial charge in [-0.1, -0.05) is 17.7 Å². The summed E-state index contributed by atoms with van der Waals surface area (Å²) in [6, 6.07) is 10.1. The topological polar surface area (TPSA) is 53.0 Å². The zero-order chi connectivity index (χ0) is 12.0. The van der Waals surface area contributed by atoms with Gasteiger partial charge in [0.2, 0.25) is 0 Å². The summed E-state index contributed by atoms with van der Waals surface area (Å²) < 4.78 is 0. The van der Waals surface area contributed by atoms with Gasteiger partial charge in [-0.25, -0.2) is 0 Å². The molecule has 0 aliphatic rings. The normalized spacial score (nSPS) is 11.9. The van der Waals surface area contributed by atoms with Crippen molar-refractivity contribution in [1.29, 1.82) is 5.26 Å². The second kappa shape index (κ2) is 6.14. The van der Waals surface area contributed by atoms with Crippen LogP contribution in [-0.4, -0.2) is 19.1 Å². The van der Waals surface area contributed by atoms with Gasteiger partial charge >= 0.3 is 0 Å². The van der Waals surface area contributed by atoms with Crippen LogP contribution < -0.4 is 10.6 Å². The van der Waals surface area contributed by atoms with E-state index in [1.165, 1.54) is 11.3 Å². The van der Waals surface area contributed by atoms with Gasteiger partial charge < -0.3 is 10.6 Å². The first-order chi connectivity index (χ1) is 7.67. The molecule has 86 valence electrons. The number of rotatable bonds is 5. The van der Waals surface area contributed by atoms with Gasteiger partial charge in [0.1, 0.15) is 0 Å². The average molecular weight is 217 g/mol. The van der Waals surface area contributed by atoms with E-state index in [4.69, 9.17) is 11.0 Å². The number of nitrogens with two attached hydrogens (primary N) is 1. The number of anilines is 1. The van der Waals surface area contributed by atoms with Crippen LogP contribution in [-0.2, 0) is 0 Å². The zero-order valence-corrected chi connectivity index (χ0v) is 9.98. The molecule has 1 aromatic rings. The van der Waals surface area contributed by atoms with Crippen LogP contribution in [0.1, 0.15) is 18.9 Å². The lowest BCUT2D eigenvalue weighted by molar-refractivity contribution is 0.693. The molecule has 1 aromatic carbocycles. The van der Waals surface area contributed by atoms with Crippen molar-refractivity contribution in [3.05, 3.63) is 29.8 Å². The van der Waals surface area contributed by atoms with Gasteiger partial charge in [0.25, 0.3) is 0 Å². The number of benzene rings is 1. The maximum atomic E-state index is 8.63. The molecule has 3 nitrogen and oxygen atoms in total. The van der Waals surface area contributed by atoms with Crippen LogP contribution >= 0.6 is 0 Å². The lowest BCUT2D eigenvalue weighted by Gasteiger charge is -2.23. The van der Waals surface area contributed by atoms with Crippen molar-refractivity contribution in [1.82, 2.24) is 0 Å². The Bertz CT molecular complexity index is 350. The molecule has 0 saturated heterocycles. The van der Waals surface area contributed by atoms with Crippen LogP contribution in [0.4, 0.5) is 5.69 Å². The van der Waals surface area contributed by atoms with Crippen LogP contribution in [0.25, 0.3) is 0 Å². The Labute approximate surface area is 97.5 Å². The minimum atomic E-state index is -0.362. The predicted molar refractivity (Wildman–Crippen MR) is 67.3 cm³/mol. The Balaban J connectivity index is 2.61. The van der Waals surface area contributed by atoms with E-state index < -0.39 is 0 Å². The molecule has 0 aromatic heterocycles. The number of nitriles is 1. The van der Waals surface area contributed by atoms with Crippen LogP contribution in [0, 0.1) is 18.3 Å². The van der Waals surface area contributed by atoms with E-state index in [2.05, 4.69) is 49.1 Å². The first-order valence-corrected chi connectivity index (χ1v) is 5.64. The molecule has 1 unspecified atom stereocenters. The van der Waals surface area contributed by atoms with Gasteiger partial charge in [-0.15, -0.1) is 0 Å². The molecular weight excluding hydrogens is 198 g/mol. The Hall–Kier alpha value is -1.53. The summed E-state index contributed by atoms with van der Waals surface area (Å²) in [6.45, 7) is 5.94.